The van der Waals surface area contributed by atoms with Gasteiger partial charge in [-0.2, -0.15) is 0 Å². The molecule has 0 saturated carbocycles. The summed E-state index contributed by atoms with van der Waals surface area (Å²) in [6.45, 7) is 4.43. The minimum atomic E-state index is -0.332. The second-order valence-corrected chi connectivity index (χ2v) is 7.05. The van der Waals surface area contributed by atoms with Crippen molar-refractivity contribution < 1.29 is 26.6 Å². The number of piperidine rings is 1. The molecule has 2 amide bonds. The molecule has 6 heteroatoms. The second-order valence-electron chi connectivity index (χ2n) is 6.42. The van der Waals surface area contributed by atoms with Crippen LogP contribution in [0.3, 0.4) is 0 Å². The summed E-state index contributed by atoms with van der Waals surface area (Å²) < 4.78 is 5.21. The fourth-order valence-corrected chi connectivity index (χ4v) is 4.31. The molecular weight excluding hydrogens is 341 g/mol. The van der Waals surface area contributed by atoms with Crippen molar-refractivity contribution in [2.45, 2.75) is 51.5 Å². The number of para-hydroxylation sites is 1. The number of amides is 2. The number of rotatable bonds is 4. The fraction of sp³-hybridized carbons (Fsp3) is 0.500. The van der Waals surface area contributed by atoms with Crippen LogP contribution in [0.2, 0.25) is 0 Å². The molecule has 1 N–H and O–H groups in total. The van der Waals surface area contributed by atoms with Gasteiger partial charge in [-0.25, -0.2) is 0 Å². The first kappa shape index (κ1) is 17.2. The van der Waals surface area contributed by atoms with Gasteiger partial charge in [-0.1, -0.05) is 0 Å². The molecule has 1 aliphatic heterocycles. The zero-order chi connectivity index (χ0) is 17.4. The van der Waals surface area contributed by atoms with Crippen molar-refractivity contribution in [1.82, 2.24) is 14.5 Å². The van der Waals surface area contributed by atoms with Crippen LogP contribution in [0.5, 0.6) is 0 Å². The average Bonchev–Trinajstić information content (AvgIpc) is 2.81. The molecule has 1 fully saturated rings. The van der Waals surface area contributed by atoms with E-state index in [1.54, 1.807) is 0 Å². The molecule has 5 nitrogen and oxygen atoms in total. The fourth-order valence-electron chi connectivity index (χ4n) is 3.77. The van der Waals surface area contributed by atoms with Crippen LogP contribution in [0, 0.1) is 4.13 Å². The zero-order valence-corrected chi connectivity index (χ0v) is 15.8. The van der Waals surface area contributed by atoms with Crippen molar-refractivity contribution in [2.24, 2.45) is 7.05 Å². The zero-order valence-electron chi connectivity index (χ0n) is 14.4. The number of nitrogens with one attached hydrogen (secondary N) is 1. The summed E-state index contributed by atoms with van der Waals surface area (Å²) in [5.74, 6) is 0.121. The van der Waals surface area contributed by atoms with Gasteiger partial charge in [0.15, 0.2) is 0 Å². The number of aryl methyl sites for hydroxylation is 1. The number of nitrogens with zero attached hydrogens (tertiary/aromatic N) is 2. The first-order valence-electron chi connectivity index (χ1n) is 8.55. The molecule has 0 aliphatic carbocycles. The van der Waals surface area contributed by atoms with Crippen LogP contribution in [0.4, 0.5) is 0 Å². The van der Waals surface area contributed by atoms with Crippen LogP contribution in [0.1, 0.15) is 57.1 Å². The Morgan fingerprint density at radius 2 is 2.00 bits per heavy atom. The summed E-state index contributed by atoms with van der Waals surface area (Å²) >= 11 is 2.58. The number of fused-ring (bicyclic) bond motifs is 1. The summed E-state index contributed by atoms with van der Waals surface area (Å²) in [6, 6.07) is 6.01. The maximum atomic E-state index is 12.4. The van der Waals surface area contributed by atoms with Gasteiger partial charge in [0.1, 0.15) is 0 Å². The van der Waals surface area contributed by atoms with E-state index < -0.39 is 0 Å². The molecule has 2 aromatic rings. The summed E-state index contributed by atoms with van der Waals surface area (Å²) in [7, 11) is 2.05. The quantitative estimate of drug-likeness (QED) is 0.848. The van der Waals surface area contributed by atoms with Crippen LogP contribution in [0.25, 0.3) is 11.0 Å². The molecule has 1 aliphatic rings. The van der Waals surface area contributed by atoms with E-state index in [9.17, 15) is 9.59 Å². The first-order valence-corrected chi connectivity index (χ1v) is 9.24. The van der Waals surface area contributed by atoms with Gasteiger partial charge in [-0.15, -0.1) is 0 Å². The summed E-state index contributed by atoms with van der Waals surface area (Å²) in [4.78, 5) is 23.8. The third-order valence-corrected chi connectivity index (χ3v) is 5.91. The van der Waals surface area contributed by atoms with E-state index in [0.29, 0.717) is 18.8 Å². The van der Waals surface area contributed by atoms with E-state index in [1.165, 1.54) is 11.1 Å². The number of benzene rings is 1. The Morgan fingerprint density at radius 3 is 2.62 bits per heavy atom. The van der Waals surface area contributed by atoms with Gasteiger partial charge in [0, 0.05) is 0 Å². The Balaban J connectivity index is 2.22. The van der Waals surface area contributed by atoms with Crippen molar-refractivity contribution in [3.63, 3.8) is 0 Å². The predicted molar refractivity (Wildman–Crippen MR) is 88.9 cm³/mol. The molecule has 3 rings (SSSR count). The Labute approximate surface area is 150 Å². The van der Waals surface area contributed by atoms with Crippen LogP contribution in [-0.4, -0.2) is 20.9 Å². The normalized spacial score (nSPS) is 18.4. The molecule has 1 unspecified atom stereocenters. The van der Waals surface area contributed by atoms with E-state index in [-0.39, 0.29) is 17.9 Å². The van der Waals surface area contributed by atoms with E-state index in [2.05, 4.69) is 63.5 Å². The Bertz CT molecular complexity index is 861. The van der Waals surface area contributed by atoms with Crippen molar-refractivity contribution in [1.29, 1.82) is 0 Å². The average molecular weight is 364 g/mol. The first-order chi connectivity index (χ1) is 11.5. The number of carbonyl (C=O) groups is 2. The van der Waals surface area contributed by atoms with Crippen LogP contribution in [0.15, 0.2) is 18.2 Å². The molecule has 1 atom stereocenters. The SMILES string of the molecule is CCC(CC)c1cccc2c1n(C)[c](=[V])n2C1CCC(=O)NC1=O. The number of imidazole rings is 1. The molecule has 0 radical (unpaired) electrons. The molecule has 127 valence electrons. The topological polar surface area (TPSA) is 56.0 Å². The van der Waals surface area contributed by atoms with Crippen molar-refractivity contribution in [3.8, 4) is 0 Å². The Hall–Kier alpha value is -1.59. The molecular formula is C18H23N3O2V. The molecule has 24 heavy (non-hydrogen) atoms. The van der Waals surface area contributed by atoms with E-state index >= 15 is 0 Å². The van der Waals surface area contributed by atoms with Gasteiger partial charge in [-0.3, -0.25) is 0 Å². The molecule has 1 aromatic carbocycles. The molecule has 0 bridgehead atoms. The molecule has 1 saturated heterocycles. The van der Waals surface area contributed by atoms with E-state index in [1.807, 2.05) is 7.05 Å². The maximum absolute atomic E-state index is 12.4. The van der Waals surface area contributed by atoms with Crippen LogP contribution < -0.4 is 5.32 Å². The van der Waals surface area contributed by atoms with Gasteiger partial charge >= 0.3 is 150 Å². The van der Waals surface area contributed by atoms with Gasteiger partial charge < -0.3 is 0 Å². The number of imide groups is 1. The third-order valence-electron chi connectivity index (χ3n) is 5.10. The summed E-state index contributed by atoms with van der Waals surface area (Å²) in [5, 5.41) is 2.47. The standard InChI is InChI=1S/C18H23N3O2.V/c1-4-12(5-2)13-7-6-8-14-17(13)20(3)11-21(14)15-9-10-16(22)19-18(15)23;/h6-8,12,15H,4-5,9-10H2,1-3H3,(H,19,22,23);. The number of carbonyl (C=O) groups excluding carboxylic acids is 2. The molecule has 1 aromatic heterocycles. The third kappa shape index (κ3) is 2.70. The predicted octanol–water partition coefficient (Wildman–Crippen LogP) is 2.94. The van der Waals surface area contributed by atoms with Gasteiger partial charge in [0.25, 0.3) is 0 Å². The van der Waals surface area contributed by atoms with Gasteiger partial charge in [0.05, 0.1) is 0 Å². The minimum absolute atomic E-state index is 0.179. The van der Waals surface area contributed by atoms with Crippen LogP contribution in [-0.2, 0) is 33.6 Å². The number of hydrogen-bond donors (Lipinski definition) is 1. The second kappa shape index (κ2) is 6.73. The number of aromatic nitrogens is 2. The number of hydrogen-bond acceptors (Lipinski definition) is 2. The molecule has 0 spiro atoms. The van der Waals surface area contributed by atoms with Crippen molar-refractivity contribution in [2.75, 3.05) is 0 Å². The summed E-state index contributed by atoms with van der Waals surface area (Å²) in [6.07, 6.45) is 3.12. The van der Waals surface area contributed by atoms with E-state index in [4.69, 9.17) is 0 Å². The Morgan fingerprint density at radius 1 is 1.29 bits per heavy atom. The van der Waals surface area contributed by atoms with Crippen molar-refractivity contribution >= 4 is 22.8 Å². The van der Waals surface area contributed by atoms with Gasteiger partial charge in [0.2, 0.25) is 0 Å². The monoisotopic (exact) mass is 364 g/mol. The van der Waals surface area contributed by atoms with Gasteiger partial charge in [-0.05, 0) is 0 Å². The van der Waals surface area contributed by atoms with Crippen LogP contribution >= 0.6 is 0 Å². The van der Waals surface area contributed by atoms with Crippen molar-refractivity contribution in [3.05, 3.63) is 27.9 Å². The summed E-state index contributed by atoms with van der Waals surface area (Å²) in [5.41, 5.74) is 3.58. The van der Waals surface area contributed by atoms with E-state index in [0.717, 1.165) is 22.5 Å². The molecule has 2 heterocycles. The Kier molecular flexibility index (Phi) is 4.84.